The minimum Gasteiger partial charge on any atom is -0.433 e. The number of ether oxygens (including phenoxy) is 1. The Morgan fingerprint density at radius 2 is 1.72 bits per heavy atom. The molecule has 0 spiro atoms. The number of hydrogen-bond acceptors (Lipinski definition) is 4. The summed E-state index contributed by atoms with van der Waals surface area (Å²) < 4.78 is 48.7. The number of fused-ring (bicyclic) bond motifs is 1. The van der Waals surface area contributed by atoms with E-state index < -0.39 is 14.5 Å². The van der Waals surface area contributed by atoms with Crippen LogP contribution in [0.3, 0.4) is 0 Å². The molecular formula is C30H33F3N3O2P. The summed E-state index contributed by atoms with van der Waals surface area (Å²) in [6.07, 6.45) is 3.14. The standard InChI is InChI=1S/C30H33F3N3O2P/c1-6-24(35(4)5)29-34-23-14-12-20(19-13-15-27(22(31)16-19)39(7-2)8-3)17-25(23)36(29)28-21(18-37)10-9-11-26(28)38-30(32)33/h9-18,24,30H,6-8H2,1-5H3. The Labute approximate surface area is 228 Å². The van der Waals surface area contributed by atoms with Gasteiger partial charge in [0, 0.05) is 10.9 Å². The molecule has 5 nitrogen and oxygen atoms in total. The van der Waals surface area contributed by atoms with Crippen molar-refractivity contribution in [2.24, 2.45) is 0 Å². The van der Waals surface area contributed by atoms with Crippen molar-refractivity contribution in [1.29, 1.82) is 0 Å². The van der Waals surface area contributed by atoms with E-state index in [1.165, 1.54) is 12.1 Å². The third-order valence-corrected chi connectivity index (χ3v) is 9.54. The molecule has 1 aromatic heterocycles. The molecule has 1 unspecified atom stereocenters. The minimum atomic E-state index is -3.08. The highest BCUT2D eigenvalue weighted by atomic mass is 31.1. The second-order valence-corrected chi connectivity index (χ2v) is 12.3. The SMILES string of the molecule is CCC(c1nc2ccc(-c3ccc(P(CC)CC)c(F)c3)cc2n1-c1c(C=O)cccc1OC(F)F)N(C)C. The lowest BCUT2D eigenvalue weighted by atomic mass is 10.0. The van der Waals surface area contributed by atoms with E-state index in [4.69, 9.17) is 9.72 Å². The summed E-state index contributed by atoms with van der Waals surface area (Å²) in [5, 5.41) is 0.762. The van der Waals surface area contributed by atoms with Crippen LogP contribution in [0.1, 0.15) is 49.4 Å². The molecular weight excluding hydrogens is 522 g/mol. The summed E-state index contributed by atoms with van der Waals surface area (Å²) in [7, 11) is 3.28. The zero-order valence-corrected chi connectivity index (χ0v) is 23.7. The molecule has 0 fully saturated rings. The van der Waals surface area contributed by atoms with Gasteiger partial charge in [-0.15, -0.1) is 0 Å². The monoisotopic (exact) mass is 555 g/mol. The molecule has 1 atom stereocenters. The predicted molar refractivity (Wildman–Crippen MR) is 153 cm³/mol. The van der Waals surface area contributed by atoms with Gasteiger partial charge in [-0.25, -0.2) is 9.37 Å². The molecule has 3 aromatic carbocycles. The number of carbonyl (C=O) groups excluding carboxylic acids is 1. The molecule has 0 aliphatic heterocycles. The van der Waals surface area contributed by atoms with E-state index in [0.717, 1.165) is 23.2 Å². The molecule has 0 radical (unpaired) electrons. The quantitative estimate of drug-likeness (QED) is 0.143. The number of halogens is 3. The lowest BCUT2D eigenvalue weighted by Crippen LogP contribution is -2.23. The van der Waals surface area contributed by atoms with Crippen molar-refractivity contribution in [3.8, 4) is 22.6 Å². The van der Waals surface area contributed by atoms with Gasteiger partial charge < -0.3 is 4.74 Å². The Morgan fingerprint density at radius 3 is 2.31 bits per heavy atom. The Hall–Kier alpha value is -3.22. The summed E-state index contributed by atoms with van der Waals surface area (Å²) >= 11 is 0. The maximum Gasteiger partial charge on any atom is 0.387 e. The van der Waals surface area contributed by atoms with Crippen molar-refractivity contribution < 1.29 is 22.7 Å². The second kappa shape index (κ2) is 12.3. The van der Waals surface area contributed by atoms with Crippen molar-refractivity contribution in [3.05, 3.63) is 71.8 Å². The van der Waals surface area contributed by atoms with E-state index in [1.807, 2.05) is 56.3 Å². The van der Waals surface area contributed by atoms with Crippen LogP contribution in [0.15, 0.2) is 54.6 Å². The third kappa shape index (κ3) is 5.73. The lowest BCUT2D eigenvalue weighted by molar-refractivity contribution is -0.0498. The summed E-state index contributed by atoms with van der Waals surface area (Å²) in [6, 6.07) is 15.2. The molecule has 0 bridgehead atoms. The molecule has 1 heterocycles. The largest absolute Gasteiger partial charge is 0.433 e. The van der Waals surface area contributed by atoms with Crippen LogP contribution in [0.5, 0.6) is 5.75 Å². The zero-order chi connectivity index (χ0) is 28.3. The molecule has 206 valence electrons. The zero-order valence-electron chi connectivity index (χ0n) is 22.8. The van der Waals surface area contributed by atoms with E-state index in [1.54, 1.807) is 16.7 Å². The van der Waals surface area contributed by atoms with E-state index >= 15 is 4.39 Å². The first kappa shape index (κ1) is 28.8. The van der Waals surface area contributed by atoms with Gasteiger partial charge in [-0.1, -0.05) is 53.0 Å². The number of aromatic nitrogens is 2. The minimum absolute atomic E-state index is 0.128. The van der Waals surface area contributed by atoms with Gasteiger partial charge in [0.2, 0.25) is 0 Å². The summed E-state index contributed by atoms with van der Waals surface area (Å²) in [5.41, 5.74) is 3.05. The smallest absolute Gasteiger partial charge is 0.387 e. The molecule has 0 saturated heterocycles. The highest BCUT2D eigenvalue weighted by molar-refractivity contribution is 7.65. The summed E-state index contributed by atoms with van der Waals surface area (Å²) in [5.74, 6) is 0.229. The number of para-hydroxylation sites is 1. The molecule has 0 aliphatic rings. The molecule has 9 heteroatoms. The lowest BCUT2D eigenvalue weighted by Gasteiger charge is -2.25. The Balaban J connectivity index is 2.00. The van der Waals surface area contributed by atoms with Crippen molar-refractivity contribution in [1.82, 2.24) is 14.5 Å². The molecule has 0 saturated carbocycles. The van der Waals surface area contributed by atoms with Crippen LogP contribution < -0.4 is 10.0 Å². The number of nitrogens with zero attached hydrogens (tertiary/aromatic N) is 3. The molecule has 4 aromatic rings. The van der Waals surface area contributed by atoms with Crippen LogP contribution in [-0.4, -0.2) is 53.8 Å². The van der Waals surface area contributed by atoms with Crippen LogP contribution in [0, 0.1) is 5.82 Å². The Bertz CT molecular complexity index is 1470. The number of imidazole rings is 1. The van der Waals surface area contributed by atoms with Gasteiger partial charge in [-0.05, 0) is 74.3 Å². The van der Waals surface area contributed by atoms with Crippen LogP contribution in [-0.2, 0) is 0 Å². The third-order valence-electron chi connectivity index (χ3n) is 6.97. The van der Waals surface area contributed by atoms with Gasteiger partial charge in [0.05, 0.1) is 17.1 Å². The highest BCUT2D eigenvalue weighted by Crippen LogP contribution is 2.38. The van der Waals surface area contributed by atoms with E-state index in [2.05, 4.69) is 13.8 Å². The van der Waals surface area contributed by atoms with Gasteiger partial charge in [-0.3, -0.25) is 14.3 Å². The molecule has 0 aliphatic carbocycles. The second-order valence-electron chi connectivity index (χ2n) is 9.43. The van der Waals surface area contributed by atoms with Gasteiger partial charge in [0.15, 0.2) is 12.0 Å². The maximum atomic E-state index is 15.2. The number of rotatable bonds is 11. The van der Waals surface area contributed by atoms with Crippen LogP contribution in [0.4, 0.5) is 13.2 Å². The molecule has 0 N–H and O–H groups in total. The predicted octanol–water partition coefficient (Wildman–Crippen LogP) is 7.41. The Morgan fingerprint density at radius 1 is 1.03 bits per heavy atom. The van der Waals surface area contributed by atoms with Gasteiger partial charge in [0.25, 0.3) is 0 Å². The van der Waals surface area contributed by atoms with E-state index in [-0.39, 0.29) is 28.9 Å². The first-order chi connectivity index (χ1) is 18.7. The number of hydrogen-bond donors (Lipinski definition) is 0. The maximum absolute atomic E-state index is 15.2. The normalized spacial score (nSPS) is 12.6. The number of carbonyl (C=O) groups is 1. The van der Waals surface area contributed by atoms with Crippen molar-refractivity contribution in [2.45, 2.75) is 39.8 Å². The molecule has 39 heavy (non-hydrogen) atoms. The fourth-order valence-corrected chi connectivity index (χ4v) is 6.86. The average Bonchev–Trinajstić information content (AvgIpc) is 3.27. The van der Waals surface area contributed by atoms with Gasteiger partial charge in [0.1, 0.15) is 17.3 Å². The first-order valence-electron chi connectivity index (χ1n) is 13.0. The highest BCUT2D eigenvalue weighted by Gasteiger charge is 2.26. The number of benzene rings is 3. The topological polar surface area (TPSA) is 47.4 Å². The first-order valence-corrected chi connectivity index (χ1v) is 14.7. The fraction of sp³-hybridized carbons (Fsp3) is 0.333. The summed E-state index contributed by atoms with van der Waals surface area (Å²) in [4.78, 5) is 19.0. The summed E-state index contributed by atoms with van der Waals surface area (Å²) in [6.45, 7) is 3.09. The van der Waals surface area contributed by atoms with Crippen LogP contribution >= 0.6 is 7.92 Å². The van der Waals surface area contributed by atoms with Crippen molar-refractivity contribution in [3.63, 3.8) is 0 Å². The number of alkyl halides is 2. The van der Waals surface area contributed by atoms with E-state index in [0.29, 0.717) is 35.1 Å². The van der Waals surface area contributed by atoms with Gasteiger partial charge in [-0.2, -0.15) is 8.78 Å². The average molecular weight is 556 g/mol. The molecule has 0 amide bonds. The van der Waals surface area contributed by atoms with Crippen molar-refractivity contribution in [2.75, 3.05) is 26.4 Å². The number of aldehydes is 1. The van der Waals surface area contributed by atoms with Crippen molar-refractivity contribution >= 4 is 30.5 Å². The fourth-order valence-electron chi connectivity index (χ4n) is 5.08. The Kier molecular flexibility index (Phi) is 9.08. The van der Waals surface area contributed by atoms with E-state index in [9.17, 15) is 13.6 Å². The van der Waals surface area contributed by atoms with Crippen LogP contribution in [0.2, 0.25) is 0 Å². The van der Waals surface area contributed by atoms with Gasteiger partial charge >= 0.3 is 6.61 Å². The molecule has 4 rings (SSSR count). The van der Waals surface area contributed by atoms with Crippen LogP contribution in [0.25, 0.3) is 27.8 Å².